The van der Waals surface area contributed by atoms with E-state index in [1.807, 2.05) is 99.6 Å². The molecule has 0 saturated carbocycles. The molecular formula is C54H58BBrN4O8. The summed E-state index contributed by atoms with van der Waals surface area (Å²) in [5, 5.41) is 17.2. The molecule has 0 aromatic heterocycles. The number of likely N-dealkylation sites (tertiary alicyclic amines) is 2. The minimum absolute atomic E-state index is 0.0184. The van der Waals surface area contributed by atoms with Gasteiger partial charge in [0.05, 0.1) is 38.4 Å². The van der Waals surface area contributed by atoms with Crippen molar-refractivity contribution < 1.29 is 38.7 Å². The summed E-state index contributed by atoms with van der Waals surface area (Å²) in [6, 6.07) is 49.2. The summed E-state index contributed by atoms with van der Waals surface area (Å²) in [5.74, 6) is -0.733. The third-order valence-corrected chi connectivity index (χ3v) is 12.1. The molecule has 0 aliphatic carbocycles. The highest BCUT2D eigenvalue weighted by atomic mass is 79.9. The number of methoxy groups -OCH3 is 2. The normalized spacial score (nSPS) is 13.1. The lowest BCUT2D eigenvalue weighted by molar-refractivity contribution is 0.0592. The van der Waals surface area contributed by atoms with Crippen molar-refractivity contribution in [3.05, 3.63) is 184 Å². The third-order valence-electron chi connectivity index (χ3n) is 11.6. The number of hydrogen-bond acceptors (Lipinski definition) is 8. The second kappa shape index (κ2) is 26.0. The van der Waals surface area contributed by atoms with Gasteiger partial charge in [0.2, 0.25) is 0 Å². The molecule has 14 heteroatoms. The molecule has 2 fully saturated rings. The highest BCUT2D eigenvalue weighted by Crippen LogP contribution is 2.28. The number of carbonyl (C=O) groups is 4. The SMILES string of the molecule is COC(=O)c1ccc(CN(C(=O)N2CCCCC2)c2cccc(-c3ccccc3)c2)cc1.COC(=O)c1ccc(CN(C(=O)N2CCCCC2)c2cccc(Br)c2)cc1.OB(O)c1ccccc1. The number of amides is 4. The number of benzene rings is 6. The van der Waals surface area contributed by atoms with Crippen LogP contribution in [0.4, 0.5) is 21.0 Å². The van der Waals surface area contributed by atoms with Gasteiger partial charge in [-0.05, 0) is 121 Å². The molecule has 0 bridgehead atoms. The molecule has 12 nitrogen and oxygen atoms in total. The number of carbonyl (C=O) groups excluding carboxylic acids is 4. The fourth-order valence-corrected chi connectivity index (χ4v) is 8.28. The lowest BCUT2D eigenvalue weighted by Crippen LogP contribution is -2.45. The number of urea groups is 2. The number of anilines is 2. The first kappa shape index (κ1) is 50.7. The van der Waals surface area contributed by atoms with Crippen LogP contribution in [0.2, 0.25) is 0 Å². The molecule has 4 amide bonds. The van der Waals surface area contributed by atoms with Crippen LogP contribution in [0.3, 0.4) is 0 Å². The molecule has 0 atom stereocenters. The van der Waals surface area contributed by atoms with Crippen molar-refractivity contribution in [1.29, 1.82) is 0 Å². The Balaban J connectivity index is 0.000000191. The van der Waals surface area contributed by atoms with Gasteiger partial charge in [0.1, 0.15) is 0 Å². The highest BCUT2D eigenvalue weighted by Gasteiger charge is 2.26. The Labute approximate surface area is 408 Å². The number of ether oxygens (including phenoxy) is 2. The highest BCUT2D eigenvalue weighted by molar-refractivity contribution is 9.10. The van der Waals surface area contributed by atoms with Gasteiger partial charge >= 0.3 is 31.1 Å². The molecule has 352 valence electrons. The van der Waals surface area contributed by atoms with Gasteiger partial charge in [-0.25, -0.2) is 19.2 Å². The number of nitrogens with zero attached hydrogens (tertiary/aromatic N) is 4. The second-order valence-electron chi connectivity index (χ2n) is 16.4. The largest absolute Gasteiger partial charge is 0.488 e. The van der Waals surface area contributed by atoms with Crippen molar-refractivity contribution in [2.24, 2.45) is 0 Å². The Morgan fingerprint density at radius 1 is 0.515 bits per heavy atom. The zero-order chi connectivity index (χ0) is 48.3. The van der Waals surface area contributed by atoms with Crippen molar-refractivity contribution in [3.63, 3.8) is 0 Å². The smallest absolute Gasteiger partial charge is 0.465 e. The molecule has 2 heterocycles. The Bertz CT molecular complexity index is 2540. The summed E-state index contributed by atoms with van der Waals surface area (Å²) in [5.41, 5.74) is 7.31. The average molecular weight is 982 g/mol. The predicted molar refractivity (Wildman–Crippen MR) is 272 cm³/mol. The summed E-state index contributed by atoms with van der Waals surface area (Å²) in [4.78, 5) is 57.6. The van der Waals surface area contributed by atoms with E-state index in [0.717, 1.165) is 90.0 Å². The average Bonchev–Trinajstić information content (AvgIpc) is 3.40. The maximum absolute atomic E-state index is 13.6. The molecule has 6 aromatic carbocycles. The summed E-state index contributed by atoms with van der Waals surface area (Å²) >= 11 is 3.49. The Kier molecular flexibility index (Phi) is 19.4. The van der Waals surface area contributed by atoms with E-state index < -0.39 is 7.12 Å². The van der Waals surface area contributed by atoms with Crippen LogP contribution in [0.25, 0.3) is 11.1 Å². The van der Waals surface area contributed by atoms with E-state index in [4.69, 9.17) is 19.5 Å². The zero-order valence-corrected chi connectivity index (χ0v) is 40.2. The number of rotatable bonds is 10. The lowest BCUT2D eigenvalue weighted by atomic mass is 9.81. The van der Waals surface area contributed by atoms with Gasteiger partial charge in [-0.15, -0.1) is 0 Å². The quantitative estimate of drug-likeness (QED) is 0.102. The minimum atomic E-state index is -1.34. The van der Waals surface area contributed by atoms with Crippen LogP contribution >= 0.6 is 15.9 Å². The molecule has 0 radical (unpaired) electrons. The van der Waals surface area contributed by atoms with Crippen LogP contribution in [0.15, 0.2) is 162 Å². The first-order valence-electron chi connectivity index (χ1n) is 22.8. The Hall–Kier alpha value is -6.74. The van der Waals surface area contributed by atoms with E-state index in [1.165, 1.54) is 27.1 Å². The van der Waals surface area contributed by atoms with Crippen LogP contribution in [0.1, 0.15) is 70.4 Å². The van der Waals surface area contributed by atoms with Crippen molar-refractivity contribution in [3.8, 4) is 11.1 Å². The molecule has 0 spiro atoms. The second-order valence-corrected chi connectivity index (χ2v) is 17.3. The number of esters is 2. The first-order valence-corrected chi connectivity index (χ1v) is 23.6. The topological polar surface area (TPSA) is 140 Å². The van der Waals surface area contributed by atoms with E-state index in [1.54, 1.807) is 53.4 Å². The maximum atomic E-state index is 13.6. The summed E-state index contributed by atoms with van der Waals surface area (Å²) in [7, 11) is 1.39. The molecule has 2 aliphatic heterocycles. The number of halogens is 1. The minimum Gasteiger partial charge on any atom is -0.465 e. The zero-order valence-electron chi connectivity index (χ0n) is 38.6. The van der Waals surface area contributed by atoms with Crippen molar-refractivity contribution in [2.45, 2.75) is 51.6 Å². The fourth-order valence-electron chi connectivity index (χ4n) is 7.90. The van der Waals surface area contributed by atoms with Crippen molar-refractivity contribution >= 4 is 63.9 Å². The first-order chi connectivity index (χ1) is 33.0. The van der Waals surface area contributed by atoms with Gasteiger partial charge in [-0.1, -0.05) is 119 Å². The Morgan fingerprint density at radius 3 is 1.34 bits per heavy atom. The van der Waals surface area contributed by atoms with Gasteiger partial charge in [-0.2, -0.15) is 0 Å². The van der Waals surface area contributed by atoms with E-state index in [9.17, 15) is 19.2 Å². The fraction of sp³-hybridized carbons (Fsp3) is 0.259. The van der Waals surface area contributed by atoms with Gasteiger partial charge < -0.3 is 29.3 Å². The maximum Gasteiger partial charge on any atom is 0.488 e. The molecule has 68 heavy (non-hydrogen) atoms. The van der Waals surface area contributed by atoms with E-state index in [0.29, 0.717) is 29.7 Å². The summed E-state index contributed by atoms with van der Waals surface area (Å²) in [6.45, 7) is 4.03. The van der Waals surface area contributed by atoms with Crippen LogP contribution < -0.4 is 15.3 Å². The monoisotopic (exact) mass is 980 g/mol. The lowest BCUT2D eigenvalue weighted by Gasteiger charge is -2.33. The molecule has 0 unspecified atom stereocenters. The molecule has 8 rings (SSSR count). The van der Waals surface area contributed by atoms with Crippen molar-refractivity contribution in [2.75, 3.05) is 50.2 Å². The molecule has 6 aromatic rings. The molecular weight excluding hydrogens is 923 g/mol. The van der Waals surface area contributed by atoms with E-state index >= 15 is 0 Å². The van der Waals surface area contributed by atoms with Gasteiger partial charge in [0, 0.05) is 42.0 Å². The van der Waals surface area contributed by atoms with Crippen LogP contribution in [0, 0.1) is 0 Å². The predicted octanol–water partition coefficient (Wildman–Crippen LogP) is 9.97. The van der Waals surface area contributed by atoms with Gasteiger partial charge in [0.15, 0.2) is 0 Å². The van der Waals surface area contributed by atoms with Crippen LogP contribution in [-0.2, 0) is 22.6 Å². The molecule has 2 aliphatic rings. The number of hydrogen-bond donors (Lipinski definition) is 2. The van der Waals surface area contributed by atoms with Crippen LogP contribution in [0.5, 0.6) is 0 Å². The van der Waals surface area contributed by atoms with E-state index in [-0.39, 0.29) is 24.0 Å². The molecule has 2 N–H and O–H groups in total. The number of piperidine rings is 2. The third kappa shape index (κ3) is 14.6. The molecule has 2 saturated heterocycles. The van der Waals surface area contributed by atoms with Crippen LogP contribution in [-0.4, -0.2) is 91.4 Å². The summed E-state index contributed by atoms with van der Waals surface area (Å²) < 4.78 is 10.5. The van der Waals surface area contributed by atoms with Gasteiger partial charge in [0.25, 0.3) is 0 Å². The summed E-state index contributed by atoms with van der Waals surface area (Å²) in [6.07, 6.45) is 6.52. The van der Waals surface area contributed by atoms with E-state index in [2.05, 4.69) is 40.2 Å². The Morgan fingerprint density at radius 2 is 0.926 bits per heavy atom. The standard InChI is InChI=1S/C27H28N2O3.C21H23BrN2O3.C6H7BO2/c1-32-26(30)23-15-13-21(14-16-23)20-29(27(31)28-17-6-3-7-18-28)25-12-8-11-24(19-25)22-9-4-2-5-10-22;1-27-20(25)17-10-8-16(9-11-17)15-24(19-7-5-6-18(22)14-19)21(26)23-12-3-2-4-13-23;8-7(9)6-4-2-1-3-5-6/h2,4-5,8-16,19H,3,6-7,17-18,20H2,1H3;5-11,14H,2-4,12-13,15H2,1H3;1-5,8-9H. The van der Waals surface area contributed by atoms with Crippen molar-refractivity contribution in [1.82, 2.24) is 9.80 Å². The van der Waals surface area contributed by atoms with Gasteiger partial charge in [-0.3, -0.25) is 9.80 Å².